The van der Waals surface area contributed by atoms with Gasteiger partial charge in [0.1, 0.15) is 0 Å². The zero-order valence-electron chi connectivity index (χ0n) is 14.6. The molecule has 0 amide bonds. The van der Waals surface area contributed by atoms with Crippen molar-refractivity contribution in [3.05, 3.63) is 57.7 Å². The Morgan fingerprint density at radius 2 is 2.07 bits per heavy atom. The number of thiazole rings is 1. The van der Waals surface area contributed by atoms with Gasteiger partial charge >= 0.3 is 0 Å². The average Bonchev–Trinajstić information content (AvgIpc) is 3.32. The average molecular weight is 397 g/mol. The molecule has 0 unspecified atom stereocenters. The predicted octanol–water partition coefficient (Wildman–Crippen LogP) is 3.35. The molecule has 4 aromatic rings. The molecule has 5 rings (SSSR count). The first-order chi connectivity index (χ1) is 13.2. The first-order valence-corrected chi connectivity index (χ1v) is 10.5. The Bertz CT molecular complexity index is 1180. The second-order valence-corrected chi connectivity index (χ2v) is 8.29. The fourth-order valence-electron chi connectivity index (χ4n) is 3.05. The molecule has 0 radical (unpaired) electrons. The lowest BCUT2D eigenvalue weighted by Crippen LogP contribution is -2.14. The number of rotatable bonds is 5. The van der Waals surface area contributed by atoms with E-state index in [0.717, 1.165) is 45.7 Å². The van der Waals surface area contributed by atoms with E-state index in [1.54, 1.807) is 34.6 Å². The molecule has 1 fully saturated rings. The minimum Gasteiger partial charge on any atom is -0.299 e. The second-order valence-electron chi connectivity index (χ2n) is 6.51. The highest BCUT2D eigenvalue weighted by atomic mass is 32.2. The Balaban J connectivity index is 1.45. The van der Waals surface area contributed by atoms with Gasteiger partial charge in [-0.1, -0.05) is 11.8 Å². The van der Waals surface area contributed by atoms with Crippen molar-refractivity contribution in [2.24, 2.45) is 0 Å². The van der Waals surface area contributed by atoms with Crippen LogP contribution >= 0.6 is 23.1 Å². The van der Waals surface area contributed by atoms with Crippen molar-refractivity contribution in [3.63, 3.8) is 0 Å². The maximum atomic E-state index is 12.3. The minimum absolute atomic E-state index is 0.0320. The standard InChI is InChI=1S/C18H16N6OS2/c1-11-9-26-17-20-13(8-15(25)23(11)17)10-27-18-22-21-16(24(18)14-2-3-14)12-4-6-19-7-5-12/h4-9,14H,2-3,10H2,1H3. The van der Waals surface area contributed by atoms with Gasteiger partial charge in [-0.25, -0.2) is 4.98 Å². The zero-order valence-corrected chi connectivity index (χ0v) is 16.2. The largest absolute Gasteiger partial charge is 0.299 e. The summed E-state index contributed by atoms with van der Waals surface area (Å²) in [4.78, 5) is 21.8. The molecule has 9 heteroatoms. The molecule has 1 saturated carbocycles. The zero-order chi connectivity index (χ0) is 18.4. The Hall–Kier alpha value is -2.52. The molecule has 0 aromatic carbocycles. The number of hydrogen-bond donors (Lipinski definition) is 0. The molecule has 1 aliphatic carbocycles. The van der Waals surface area contributed by atoms with Crippen LogP contribution in [-0.2, 0) is 5.75 Å². The van der Waals surface area contributed by atoms with E-state index in [0.29, 0.717) is 11.8 Å². The van der Waals surface area contributed by atoms with Crippen LogP contribution < -0.4 is 5.56 Å². The summed E-state index contributed by atoms with van der Waals surface area (Å²) < 4.78 is 3.85. The molecular weight excluding hydrogens is 380 g/mol. The van der Waals surface area contributed by atoms with Gasteiger partial charge in [-0.3, -0.25) is 18.7 Å². The van der Waals surface area contributed by atoms with Crippen LogP contribution in [0.3, 0.4) is 0 Å². The summed E-state index contributed by atoms with van der Waals surface area (Å²) in [5.74, 6) is 1.46. The van der Waals surface area contributed by atoms with Crippen molar-refractivity contribution in [1.82, 2.24) is 29.1 Å². The van der Waals surface area contributed by atoms with Crippen LogP contribution in [0.4, 0.5) is 0 Å². The highest BCUT2D eigenvalue weighted by molar-refractivity contribution is 7.98. The number of nitrogens with zero attached hydrogens (tertiary/aromatic N) is 6. The van der Waals surface area contributed by atoms with E-state index < -0.39 is 0 Å². The number of aromatic nitrogens is 6. The first kappa shape index (κ1) is 16.6. The molecule has 0 saturated heterocycles. The Labute approximate surface area is 163 Å². The van der Waals surface area contributed by atoms with Gasteiger partial charge in [0, 0.05) is 46.9 Å². The van der Waals surface area contributed by atoms with Crippen molar-refractivity contribution in [3.8, 4) is 11.4 Å². The second kappa shape index (κ2) is 6.58. The summed E-state index contributed by atoms with van der Waals surface area (Å²) in [5.41, 5.74) is 2.67. The lowest BCUT2D eigenvalue weighted by molar-refractivity contribution is 0.669. The van der Waals surface area contributed by atoms with E-state index in [4.69, 9.17) is 0 Å². The maximum Gasteiger partial charge on any atom is 0.258 e. The Morgan fingerprint density at radius 1 is 1.26 bits per heavy atom. The van der Waals surface area contributed by atoms with E-state index in [-0.39, 0.29) is 5.56 Å². The molecule has 7 nitrogen and oxygen atoms in total. The van der Waals surface area contributed by atoms with Gasteiger partial charge in [0.15, 0.2) is 15.9 Å². The summed E-state index contributed by atoms with van der Waals surface area (Å²) in [6.07, 6.45) is 5.82. The van der Waals surface area contributed by atoms with Gasteiger partial charge in [0.05, 0.1) is 5.69 Å². The number of thioether (sulfide) groups is 1. The lowest BCUT2D eigenvalue weighted by atomic mass is 10.2. The fraction of sp³-hybridized carbons (Fsp3) is 0.278. The van der Waals surface area contributed by atoms with Crippen LogP contribution in [0, 0.1) is 6.92 Å². The van der Waals surface area contributed by atoms with Gasteiger partial charge in [0.2, 0.25) is 0 Å². The third kappa shape index (κ3) is 3.06. The van der Waals surface area contributed by atoms with Crippen LogP contribution in [0.2, 0.25) is 0 Å². The van der Waals surface area contributed by atoms with Crippen molar-refractivity contribution in [2.45, 2.75) is 36.7 Å². The molecule has 0 spiro atoms. The number of aryl methyl sites for hydroxylation is 1. The number of fused-ring (bicyclic) bond motifs is 1. The van der Waals surface area contributed by atoms with E-state index in [1.165, 1.54) is 11.3 Å². The van der Waals surface area contributed by atoms with Gasteiger partial charge in [-0.2, -0.15) is 0 Å². The molecule has 136 valence electrons. The SMILES string of the molecule is Cc1csc2nc(CSc3nnc(-c4ccncc4)n3C3CC3)cc(=O)n12. The van der Waals surface area contributed by atoms with E-state index >= 15 is 0 Å². The summed E-state index contributed by atoms with van der Waals surface area (Å²) in [5, 5.41) is 11.6. The van der Waals surface area contributed by atoms with Crippen molar-refractivity contribution in [2.75, 3.05) is 0 Å². The monoisotopic (exact) mass is 396 g/mol. The topological polar surface area (TPSA) is 78.0 Å². The normalized spacial score (nSPS) is 14.1. The predicted molar refractivity (Wildman–Crippen MR) is 105 cm³/mol. The Kier molecular flexibility index (Phi) is 4.05. The molecule has 0 bridgehead atoms. The highest BCUT2D eigenvalue weighted by Gasteiger charge is 2.30. The Morgan fingerprint density at radius 3 is 2.85 bits per heavy atom. The van der Waals surface area contributed by atoms with Crippen molar-refractivity contribution < 1.29 is 0 Å². The first-order valence-electron chi connectivity index (χ1n) is 8.65. The maximum absolute atomic E-state index is 12.3. The third-order valence-electron chi connectivity index (χ3n) is 4.49. The number of hydrogen-bond acceptors (Lipinski definition) is 7. The van der Waals surface area contributed by atoms with Gasteiger partial charge in [0.25, 0.3) is 5.56 Å². The van der Waals surface area contributed by atoms with Gasteiger partial charge in [-0.05, 0) is 31.9 Å². The molecule has 4 heterocycles. The van der Waals surface area contributed by atoms with E-state index in [2.05, 4.69) is 24.7 Å². The van der Waals surface area contributed by atoms with Crippen molar-refractivity contribution in [1.29, 1.82) is 0 Å². The molecule has 0 aliphatic heterocycles. The molecule has 4 aromatic heterocycles. The van der Waals surface area contributed by atoms with E-state index in [1.807, 2.05) is 24.4 Å². The highest BCUT2D eigenvalue weighted by Crippen LogP contribution is 2.41. The van der Waals surface area contributed by atoms with Gasteiger partial charge < -0.3 is 0 Å². The molecule has 27 heavy (non-hydrogen) atoms. The van der Waals surface area contributed by atoms with Crippen molar-refractivity contribution >= 4 is 28.1 Å². The van der Waals surface area contributed by atoms with E-state index in [9.17, 15) is 4.79 Å². The lowest BCUT2D eigenvalue weighted by Gasteiger charge is -2.08. The van der Waals surface area contributed by atoms with Gasteiger partial charge in [-0.15, -0.1) is 21.5 Å². The summed E-state index contributed by atoms with van der Waals surface area (Å²) in [7, 11) is 0. The fourth-order valence-corrected chi connectivity index (χ4v) is 4.84. The minimum atomic E-state index is -0.0320. The number of pyridine rings is 1. The molecular formula is C18H16N6OS2. The van der Waals surface area contributed by atoms with Crippen LogP contribution in [0.25, 0.3) is 16.3 Å². The summed E-state index contributed by atoms with van der Waals surface area (Å²) in [6.45, 7) is 1.92. The molecule has 1 aliphatic rings. The van der Waals surface area contributed by atoms with Crippen LogP contribution in [-0.4, -0.2) is 29.1 Å². The third-order valence-corrected chi connectivity index (χ3v) is 6.41. The van der Waals surface area contributed by atoms with Crippen LogP contribution in [0.15, 0.2) is 45.9 Å². The molecule has 0 N–H and O–H groups in total. The summed E-state index contributed by atoms with van der Waals surface area (Å²) >= 11 is 3.06. The molecule has 0 atom stereocenters. The quantitative estimate of drug-likeness (QED) is 0.482. The van der Waals surface area contributed by atoms with Crippen LogP contribution in [0.1, 0.15) is 30.3 Å². The summed E-state index contributed by atoms with van der Waals surface area (Å²) in [6, 6.07) is 5.97. The van der Waals surface area contributed by atoms with Crippen LogP contribution in [0.5, 0.6) is 0 Å². The smallest absolute Gasteiger partial charge is 0.258 e.